The van der Waals surface area contributed by atoms with E-state index in [0.29, 0.717) is 48.3 Å². The number of hydrogen-bond acceptors (Lipinski definition) is 4. The Balaban J connectivity index is 1.39. The van der Waals surface area contributed by atoms with Crippen LogP contribution in [0.25, 0.3) is 10.9 Å². The van der Waals surface area contributed by atoms with Gasteiger partial charge in [-0.2, -0.15) is 0 Å². The van der Waals surface area contributed by atoms with E-state index in [4.69, 9.17) is 11.6 Å². The molecule has 0 spiro atoms. The van der Waals surface area contributed by atoms with Crippen molar-refractivity contribution >= 4 is 28.4 Å². The number of aromatic nitrogens is 2. The van der Waals surface area contributed by atoms with Crippen LogP contribution in [-0.2, 0) is 11.3 Å². The average molecular weight is 440 g/mol. The second-order valence-corrected chi connectivity index (χ2v) is 8.90. The van der Waals surface area contributed by atoms with Gasteiger partial charge in [0, 0.05) is 24.5 Å². The number of carbonyl (C=O) groups is 1. The van der Waals surface area contributed by atoms with Crippen molar-refractivity contribution in [2.24, 2.45) is 0 Å². The lowest BCUT2D eigenvalue weighted by atomic mass is 9.90. The first kappa shape index (κ1) is 21.5. The average Bonchev–Trinajstić information content (AvgIpc) is 2.76. The maximum Gasteiger partial charge on any atom is 0.261 e. The Kier molecular flexibility index (Phi) is 6.12. The molecule has 3 aromatic rings. The molecule has 1 fully saturated rings. The summed E-state index contributed by atoms with van der Waals surface area (Å²) in [6.45, 7) is 3.16. The maximum atomic E-state index is 12.8. The molecule has 7 heteroatoms. The van der Waals surface area contributed by atoms with E-state index in [1.54, 1.807) is 18.2 Å². The fraction of sp³-hybridized carbons (Fsp3) is 0.375. The van der Waals surface area contributed by atoms with Crippen molar-refractivity contribution in [2.45, 2.75) is 44.2 Å². The Labute approximate surface area is 186 Å². The molecule has 1 N–H and O–H groups in total. The molecule has 0 unspecified atom stereocenters. The lowest BCUT2D eigenvalue weighted by Gasteiger charge is -2.38. The highest BCUT2D eigenvalue weighted by Crippen LogP contribution is 2.26. The van der Waals surface area contributed by atoms with Crippen molar-refractivity contribution in [1.82, 2.24) is 14.5 Å². The monoisotopic (exact) mass is 439 g/mol. The summed E-state index contributed by atoms with van der Waals surface area (Å²) in [6.07, 6.45) is 2.74. The van der Waals surface area contributed by atoms with Crippen LogP contribution < -0.4 is 5.56 Å². The number of aliphatic hydroxyl groups is 1. The molecule has 1 aliphatic rings. The molecule has 2 heterocycles. The first-order valence-electron chi connectivity index (χ1n) is 10.5. The van der Waals surface area contributed by atoms with E-state index in [9.17, 15) is 14.7 Å². The van der Waals surface area contributed by atoms with Crippen LogP contribution in [0.4, 0.5) is 0 Å². The van der Waals surface area contributed by atoms with E-state index in [1.165, 1.54) is 10.9 Å². The van der Waals surface area contributed by atoms with Crippen LogP contribution in [0.5, 0.6) is 0 Å². The summed E-state index contributed by atoms with van der Waals surface area (Å²) in [6, 6.07) is 15.0. The van der Waals surface area contributed by atoms with Crippen LogP contribution in [0.15, 0.2) is 59.7 Å². The van der Waals surface area contributed by atoms with Crippen molar-refractivity contribution in [3.63, 3.8) is 0 Å². The van der Waals surface area contributed by atoms with E-state index in [2.05, 4.69) is 11.9 Å². The number of halogens is 1. The minimum atomic E-state index is -1.05. The lowest BCUT2D eigenvalue weighted by molar-refractivity contribution is -0.136. The van der Waals surface area contributed by atoms with Crippen molar-refractivity contribution in [3.05, 3.63) is 75.8 Å². The fourth-order valence-corrected chi connectivity index (χ4v) is 4.35. The summed E-state index contributed by atoms with van der Waals surface area (Å²) in [4.78, 5) is 31.7. The molecule has 31 heavy (non-hydrogen) atoms. The zero-order valence-electron chi connectivity index (χ0n) is 17.5. The van der Waals surface area contributed by atoms with Gasteiger partial charge in [0.25, 0.3) is 5.56 Å². The SMILES string of the molecule is C[C@@H](CC(=O)N1CCC(O)(Cn2cnc3cc(Cl)ccc3c2=O)CC1)c1ccccc1. The molecule has 1 aliphatic heterocycles. The van der Waals surface area contributed by atoms with Crippen LogP contribution >= 0.6 is 11.6 Å². The van der Waals surface area contributed by atoms with Gasteiger partial charge in [-0.15, -0.1) is 0 Å². The van der Waals surface area contributed by atoms with Crippen LogP contribution in [0.3, 0.4) is 0 Å². The van der Waals surface area contributed by atoms with Gasteiger partial charge < -0.3 is 10.0 Å². The van der Waals surface area contributed by atoms with Gasteiger partial charge in [-0.1, -0.05) is 48.9 Å². The molecule has 6 nitrogen and oxygen atoms in total. The molecule has 0 bridgehead atoms. The zero-order valence-corrected chi connectivity index (χ0v) is 18.3. The van der Waals surface area contributed by atoms with Crippen LogP contribution in [0.1, 0.15) is 37.7 Å². The number of likely N-dealkylation sites (tertiary alicyclic amines) is 1. The number of benzene rings is 2. The molecule has 0 saturated carbocycles. The van der Waals surface area contributed by atoms with Crippen molar-refractivity contribution in [1.29, 1.82) is 0 Å². The molecule has 1 amide bonds. The zero-order chi connectivity index (χ0) is 22.0. The van der Waals surface area contributed by atoms with Gasteiger partial charge in [-0.3, -0.25) is 14.2 Å². The van der Waals surface area contributed by atoms with E-state index in [0.717, 1.165) is 5.56 Å². The van der Waals surface area contributed by atoms with Gasteiger partial charge in [0.1, 0.15) is 0 Å². The Morgan fingerprint density at radius 3 is 2.61 bits per heavy atom. The minimum absolute atomic E-state index is 0.0971. The predicted molar refractivity (Wildman–Crippen MR) is 121 cm³/mol. The Morgan fingerprint density at radius 1 is 1.19 bits per heavy atom. The summed E-state index contributed by atoms with van der Waals surface area (Å²) in [5.41, 5.74) is 0.431. The minimum Gasteiger partial charge on any atom is -0.388 e. The van der Waals surface area contributed by atoms with E-state index >= 15 is 0 Å². The maximum absolute atomic E-state index is 12.8. The second-order valence-electron chi connectivity index (χ2n) is 8.46. The Morgan fingerprint density at radius 2 is 1.90 bits per heavy atom. The Hall–Kier alpha value is -2.70. The molecule has 1 saturated heterocycles. The molecule has 2 aromatic carbocycles. The third-order valence-electron chi connectivity index (χ3n) is 6.15. The third-order valence-corrected chi connectivity index (χ3v) is 6.38. The standard InChI is InChI=1S/C24H26ClN3O3/c1-17(18-5-3-2-4-6-18)13-22(29)27-11-9-24(31,10-12-27)15-28-16-26-21-14-19(25)7-8-20(21)23(28)30/h2-8,14,16-17,31H,9-13,15H2,1H3/t17-/m0/s1. The van der Waals surface area contributed by atoms with Gasteiger partial charge >= 0.3 is 0 Å². The summed E-state index contributed by atoms with van der Waals surface area (Å²) in [5, 5.41) is 12.1. The summed E-state index contributed by atoms with van der Waals surface area (Å²) >= 11 is 5.97. The van der Waals surface area contributed by atoms with Crippen LogP contribution in [0, 0.1) is 0 Å². The van der Waals surface area contributed by atoms with Gasteiger partial charge in [0.15, 0.2) is 0 Å². The highest BCUT2D eigenvalue weighted by molar-refractivity contribution is 6.31. The molecular weight excluding hydrogens is 414 g/mol. The number of rotatable bonds is 5. The number of piperidine rings is 1. The molecular formula is C24H26ClN3O3. The molecule has 1 aromatic heterocycles. The van der Waals surface area contributed by atoms with Gasteiger partial charge in [-0.25, -0.2) is 4.98 Å². The number of hydrogen-bond donors (Lipinski definition) is 1. The smallest absolute Gasteiger partial charge is 0.261 e. The van der Waals surface area contributed by atoms with Crippen molar-refractivity contribution in [2.75, 3.05) is 13.1 Å². The highest BCUT2D eigenvalue weighted by Gasteiger charge is 2.35. The number of fused-ring (bicyclic) bond motifs is 1. The topological polar surface area (TPSA) is 75.4 Å². The Bertz CT molecular complexity index is 1140. The largest absolute Gasteiger partial charge is 0.388 e. The van der Waals surface area contributed by atoms with E-state index < -0.39 is 5.60 Å². The van der Waals surface area contributed by atoms with Crippen LogP contribution in [-0.4, -0.2) is 44.2 Å². The third kappa shape index (κ3) is 4.81. The van der Waals surface area contributed by atoms with Gasteiger partial charge in [-0.05, 0) is 42.5 Å². The summed E-state index contributed by atoms with van der Waals surface area (Å²) in [7, 11) is 0. The predicted octanol–water partition coefficient (Wildman–Crippen LogP) is 3.60. The van der Waals surface area contributed by atoms with Gasteiger partial charge in [0.2, 0.25) is 5.91 Å². The van der Waals surface area contributed by atoms with E-state index in [1.807, 2.05) is 35.2 Å². The quantitative estimate of drug-likeness (QED) is 0.659. The summed E-state index contributed by atoms with van der Waals surface area (Å²) in [5.74, 6) is 0.241. The van der Waals surface area contributed by atoms with Gasteiger partial charge in [0.05, 0.1) is 29.4 Å². The number of amides is 1. The van der Waals surface area contributed by atoms with Crippen LogP contribution in [0.2, 0.25) is 5.02 Å². The first-order valence-corrected chi connectivity index (χ1v) is 10.9. The van der Waals surface area contributed by atoms with E-state index in [-0.39, 0.29) is 23.9 Å². The highest BCUT2D eigenvalue weighted by atomic mass is 35.5. The fourth-order valence-electron chi connectivity index (χ4n) is 4.18. The second kappa shape index (κ2) is 8.81. The molecule has 1 atom stereocenters. The van der Waals surface area contributed by atoms with Crippen molar-refractivity contribution < 1.29 is 9.90 Å². The molecule has 0 aliphatic carbocycles. The van der Waals surface area contributed by atoms with Crippen molar-refractivity contribution in [3.8, 4) is 0 Å². The normalized spacial score (nSPS) is 16.9. The molecule has 4 rings (SSSR count). The molecule has 162 valence electrons. The first-order chi connectivity index (χ1) is 14.8. The number of nitrogens with zero attached hydrogens (tertiary/aromatic N) is 3. The summed E-state index contributed by atoms with van der Waals surface area (Å²) < 4.78 is 1.45. The molecule has 0 radical (unpaired) electrons. The lowest BCUT2D eigenvalue weighted by Crippen LogP contribution is -2.49. The number of carbonyl (C=O) groups excluding carboxylic acids is 1.